The number of carbonyl (C=O) groups is 1. The number of benzene rings is 1. The van der Waals surface area contributed by atoms with Crippen LogP contribution in [0.5, 0.6) is 5.75 Å². The first kappa shape index (κ1) is 21.0. The second kappa shape index (κ2) is 9.60. The molecular weight excluding hydrogens is 344 g/mol. The van der Waals surface area contributed by atoms with Crippen molar-refractivity contribution >= 4 is 11.9 Å². The summed E-state index contributed by atoms with van der Waals surface area (Å²) in [7, 11) is 9.00. The van der Waals surface area contributed by atoms with Crippen LogP contribution in [0.3, 0.4) is 0 Å². The van der Waals surface area contributed by atoms with Crippen LogP contribution in [0, 0.1) is 11.8 Å². The van der Waals surface area contributed by atoms with Gasteiger partial charge in [-0.2, -0.15) is 0 Å². The fourth-order valence-electron chi connectivity index (χ4n) is 3.63. The molecule has 0 bridgehead atoms. The Morgan fingerprint density at radius 3 is 2.63 bits per heavy atom. The van der Waals surface area contributed by atoms with Crippen LogP contribution in [-0.4, -0.2) is 76.7 Å². The molecule has 0 saturated carbocycles. The van der Waals surface area contributed by atoms with Crippen molar-refractivity contribution in [2.45, 2.75) is 13.0 Å². The van der Waals surface area contributed by atoms with E-state index >= 15 is 0 Å². The zero-order valence-corrected chi connectivity index (χ0v) is 17.2. The molecular formula is C20H32N4O3. The minimum atomic E-state index is -0.152. The van der Waals surface area contributed by atoms with Gasteiger partial charge in [0.15, 0.2) is 5.96 Å². The number of carbonyl (C=O) groups excluding carboxylic acids is 1. The van der Waals surface area contributed by atoms with Crippen molar-refractivity contribution < 1.29 is 14.3 Å². The number of methoxy groups -OCH3 is 2. The molecule has 150 valence electrons. The molecule has 27 heavy (non-hydrogen) atoms. The Hall–Kier alpha value is -2.28. The van der Waals surface area contributed by atoms with Gasteiger partial charge in [-0.25, -0.2) is 0 Å². The van der Waals surface area contributed by atoms with Gasteiger partial charge >= 0.3 is 5.97 Å². The molecule has 2 rings (SSSR count). The molecule has 7 nitrogen and oxygen atoms in total. The number of esters is 1. The molecule has 0 radical (unpaired) electrons. The van der Waals surface area contributed by atoms with Gasteiger partial charge in [-0.1, -0.05) is 25.1 Å². The second-order valence-electron chi connectivity index (χ2n) is 7.16. The number of likely N-dealkylation sites (tertiary alicyclic amines) is 1. The standard InChI is InChI=1S/C20H32N4O3/c1-14-12-24(13-16(14)19(25)27-6)20(21-2)22-11-17(23(3)4)15-9-7-8-10-18(15)26-5/h7-10,14,16-17H,11-13H2,1-6H3,(H,21,22). The molecule has 3 atom stereocenters. The summed E-state index contributed by atoms with van der Waals surface area (Å²) in [4.78, 5) is 20.7. The third kappa shape index (κ3) is 4.91. The number of nitrogens with one attached hydrogen (secondary N) is 1. The monoisotopic (exact) mass is 376 g/mol. The van der Waals surface area contributed by atoms with E-state index in [0.29, 0.717) is 13.1 Å². The van der Waals surface area contributed by atoms with Crippen molar-refractivity contribution in [1.29, 1.82) is 0 Å². The summed E-state index contributed by atoms with van der Waals surface area (Å²) in [5.41, 5.74) is 1.12. The quantitative estimate of drug-likeness (QED) is 0.462. The number of hydrogen-bond donors (Lipinski definition) is 1. The van der Waals surface area contributed by atoms with Gasteiger partial charge in [0.05, 0.1) is 26.2 Å². The Morgan fingerprint density at radius 1 is 1.33 bits per heavy atom. The van der Waals surface area contributed by atoms with Crippen molar-refractivity contribution in [1.82, 2.24) is 15.1 Å². The van der Waals surface area contributed by atoms with E-state index in [-0.39, 0.29) is 23.8 Å². The van der Waals surface area contributed by atoms with Gasteiger partial charge in [-0.15, -0.1) is 0 Å². The number of likely N-dealkylation sites (N-methyl/N-ethyl adjacent to an activating group) is 1. The first-order chi connectivity index (χ1) is 12.9. The Bertz CT molecular complexity index is 662. The van der Waals surface area contributed by atoms with Gasteiger partial charge < -0.3 is 24.6 Å². The van der Waals surface area contributed by atoms with Gasteiger partial charge in [0.1, 0.15) is 5.75 Å². The second-order valence-corrected chi connectivity index (χ2v) is 7.16. The molecule has 0 aromatic heterocycles. The Kier molecular flexibility index (Phi) is 7.47. The van der Waals surface area contributed by atoms with Gasteiger partial charge in [-0.3, -0.25) is 9.79 Å². The molecule has 1 aromatic rings. The molecule has 1 aliphatic rings. The average Bonchev–Trinajstić information content (AvgIpc) is 3.05. The molecule has 0 spiro atoms. The number of nitrogens with zero attached hydrogens (tertiary/aromatic N) is 3. The predicted molar refractivity (Wildman–Crippen MR) is 107 cm³/mol. The third-order valence-electron chi connectivity index (χ3n) is 5.20. The molecule has 1 N–H and O–H groups in total. The average molecular weight is 377 g/mol. The Labute approximate surface area is 162 Å². The molecule has 0 amide bonds. The van der Waals surface area contributed by atoms with Crippen molar-refractivity contribution in [2.24, 2.45) is 16.8 Å². The highest BCUT2D eigenvalue weighted by atomic mass is 16.5. The molecule has 1 heterocycles. The summed E-state index contributed by atoms with van der Waals surface area (Å²) in [5.74, 6) is 1.63. The van der Waals surface area contributed by atoms with Gasteiger partial charge in [0.25, 0.3) is 0 Å². The molecule has 7 heteroatoms. The zero-order valence-electron chi connectivity index (χ0n) is 17.2. The van der Waals surface area contributed by atoms with Crippen LogP contribution < -0.4 is 10.1 Å². The number of aliphatic imine (C=N–C) groups is 1. The molecule has 0 aliphatic carbocycles. The largest absolute Gasteiger partial charge is 0.496 e. The summed E-state index contributed by atoms with van der Waals surface area (Å²) in [5, 5.41) is 3.47. The summed E-state index contributed by atoms with van der Waals surface area (Å²) in [6, 6.07) is 8.17. The maximum absolute atomic E-state index is 12.0. The van der Waals surface area contributed by atoms with Crippen LogP contribution in [0.4, 0.5) is 0 Å². The maximum atomic E-state index is 12.0. The smallest absolute Gasteiger partial charge is 0.310 e. The molecule has 3 unspecified atom stereocenters. The fraction of sp³-hybridized carbons (Fsp3) is 0.600. The van der Waals surface area contributed by atoms with Crippen LogP contribution >= 0.6 is 0 Å². The predicted octanol–water partition coefficient (Wildman–Crippen LogP) is 1.61. The van der Waals surface area contributed by atoms with E-state index in [0.717, 1.165) is 23.8 Å². The lowest BCUT2D eigenvalue weighted by Gasteiger charge is -2.29. The van der Waals surface area contributed by atoms with E-state index in [1.807, 2.05) is 32.3 Å². The minimum Gasteiger partial charge on any atom is -0.496 e. The fourth-order valence-corrected chi connectivity index (χ4v) is 3.63. The highest BCUT2D eigenvalue weighted by Crippen LogP contribution is 2.28. The molecule has 1 saturated heterocycles. The zero-order chi connectivity index (χ0) is 20.0. The van der Waals surface area contributed by atoms with E-state index in [4.69, 9.17) is 9.47 Å². The number of guanidine groups is 1. The van der Waals surface area contributed by atoms with Crippen molar-refractivity contribution in [2.75, 3.05) is 55.0 Å². The van der Waals surface area contributed by atoms with Crippen LogP contribution in [-0.2, 0) is 9.53 Å². The lowest BCUT2D eigenvalue weighted by molar-refractivity contribution is -0.145. The summed E-state index contributed by atoms with van der Waals surface area (Å²) < 4.78 is 10.5. The van der Waals surface area contributed by atoms with Crippen molar-refractivity contribution in [3.8, 4) is 5.75 Å². The summed E-state index contributed by atoms with van der Waals surface area (Å²) in [6.45, 7) is 4.15. The van der Waals surface area contributed by atoms with Gasteiger partial charge in [0.2, 0.25) is 0 Å². The Balaban J connectivity index is 2.09. The maximum Gasteiger partial charge on any atom is 0.310 e. The number of para-hydroxylation sites is 1. The summed E-state index contributed by atoms with van der Waals surface area (Å²) >= 11 is 0. The third-order valence-corrected chi connectivity index (χ3v) is 5.20. The SMILES string of the molecule is CN=C(NCC(c1ccccc1OC)N(C)C)N1CC(C)C(C(=O)OC)C1. The molecule has 1 fully saturated rings. The molecule has 1 aliphatic heterocycles. The number of hydrogen-bond acceptors (Lipinski definition) is 5. The van der Waals surface area contributed by atoms with E-state index in [2.05, 4.69) is 33.1 Å². The van der Waals surface area contributed by atoms with Gasteiger partial charge in [0, 0.05) is 32.2 Å². The molecule has 1 aromatic carbocycles. The van der Waals surface area contributed by atoms with Crippen LogP contribution in [0.15, 0.2) is 29.3 Å². The lowest BCUT2D eigenvalue weighted by atomic mass is 9.99. The first-order valence-corrected chi connectivity index (χ1v) is 9.25. The first-order valence-electron chi connectivity index (χ1n) is 9.25. The van der Waals surface area contributed by atoms with Crippen molar-refractivity contribution in [3.63, 3.8) is 0 Å². The van der Waals surface area contributed by atoms with Crippen LogP contribution in [0.25, 0.3) is 0 Å². The Morgan fingerprint density at radius 2 is 2.04 bits per heavy atom. The minimum absolute atomic E-state index is 0.118. The van der Waals surface area contributed by atoms with E-state index in [9.17, 15) is 4.79 Å². The van der Waals surface area contributed by atoms with Crippen LogP contribution in [0.2, 0.25) is 0 Å². The summed E-state index contributed by atoms with van der Waals surface area (Å²) in [6.07, 6.45) is 0. The topological polar surface area (TPSA) is 66.4 Å². The highest BCUT2D eigenvalue weighted by molar-refractivity contribution is 5.82. The number of ether oxygens (including phenoxy) is 2. The van der Waals surface area contributed by atoms with E-state index in [1.165, 1.54) is 7.11 Å². The van der Waals surface area contributed by atoms with Gasteiger partial charge in [-0.05, 0) is 26.1 Å². The highest BCUT2D eigenvalue weighted by Gasteiger charge is 2.37. The van der Waals surface area contributed by atoms with E-state index < -0.39 is 0 Å². The lowest BCUT2D eigenvalue weighted by Crippen LogP contribution is -2.44. The van der Waals surface area contributed by atoms with E-state index in [1.54, 1.807) is 14.2 Å². The number of rotatable bonds is 6. The van der Waals surface area contributed by atoms with Crippen LogP contribution in [0.1, 0.15) is 18.5 Å². The van der Waals surface area contributed by atoms with Crippen molar-refractivity contribution in [3.05, 3.63) is 29.8 Å². The normalized spacial score (nSPS) is 21.3.